The molecule has 0 unspecified atom stereocenters. The summed E-state index contributed by atoms with van der Waals surface area (Å²) in [5.74, 6) is 0.275. The van der Waals surface area contributed by atoms with Gasteiger partial charge >= 0.3 is 0 Å². The Kier molecular flexibility index (Phi) is 5.63. The molecule has 0 radical (unpaired) electrons. The standard InChI is InChI=1S/C21H22N6O2/c1-13-5-6-14(27-29)11-18(13)26-20-23-10-8-17(25-20)15-12-22-9-7-16(15)24-19(28)21(2,3)4/h5-12H,1-4H3,(H,22,24,28)(H,23,25,26)/p+1. The molecular formula is C21H23N6O2+. The summed E-state index contributed by atoms with van der Waals surface area (Å²) in [4.78, 5) is 35.1. The molecule has 1 amide bonds. The third-order valence-electron chi connectivity index (χ3n) is 4.30. The Bertz CT molecular complexity index is 1060. The van der Waals surface area contributed by atoms with Gasteiger partial charge in [-0.25, -0.2) is 15.0 Å². The van der Waals surface area contributed by atoms with Gasteiger partial charge in [0.1, 0.15) is 5.69 Å². The van der Waals surface area contributed by atoms with Gasteiger partial charge in [-0.2, -0.15) is 0 Å². The van der Waals surface area contributed by atoms with E-state index in [0.29, 0.717) is 28.7 Å². The number of amides is 1. The minimum absolute atomic E-state index is 0.0915. The summed E-state index contributed by atoms with van der Waals surface area (Å²) in [5.41, 5.74) is 3.43. The van der Waals surface area contributed by atoms with Crippen LogP contribution in [0.5, 0.6) is 0 Å². The third-order valence-corrected chi connectivity index (χ3v) is 4.30. The van der Waals surface area contributed by atoms with Crippen molar-refractivity contribution in [2.24, 2.45) is 10.6 Å². The zero-order valence-electron chi connectivity index (χ0n) is 16.8. The van der Waals surface area contributed by atoms with E-state index in [1.54, 1.807) is 48.9 Å². The van der Waals surface area contributed by atoms with Crippen LogP contribution >= 0.6 is 0 Å². The van der Waals surface area contributed by atoms with Crippen molar-refractivity contribution in [1.29, 1.82) is 0 Å². The average Bonchev–Trinajstić information content (AvgIpc) is 2.69. The van der Waals surface area contributed by atoms with Gasteiger partial charge < -0.3 is 10.6 Å². The first-order chi connectivity index (χ1) is 13.8. The van der Waals surface area contributed by atoms with E-state index in [4.69, 9.17) is 0 Å². The Hall–Kier alpha value is -3.68. The largest absolute Gasteiger partial charge is 0.325 e. The highest BCUT2D eigenvalue weighted by Crippen LogP contribution is 2.28. The molecule has 0 saturated heterocycles. The van der Waals surface area contributed by atoms with Crippen molar-refractivity contribution in [1.82, 2.24) is 9.97 Å². The highest BCUT2D eigenvalue weighted by atomic mass is 16.3. The van der Waals surface area contributed by atoms with Gasteiger partial charge in [0.05, 0.1) is 16.9 Å². The molecule has 0 atom stereocenters. The Morgan fingerprint density at radius 2 is 1.93 bits per heavy atom. The van der Waals surface area contributed by atoms with E-state index in [0.717, 1.165) is 11.1 Å². The number of aromatic amines is 1. The summed E-state index contributed by atoms with van der Waals surface area (Å²) in [5, 5.41) is 9.04. The van der Waals surface area contributed by atoms with Crippen LogP contribution in [0.4, 0.5) is 23.0 Å². The molecule has 8 nitrogen and oxygen atoms in total. The van der Waals surface area contributed by atoms with Crippen LogP contribution in [-0.2, 0) is 4.79 Å². The number of pyridine rings is 1. The molecule has 3 N–H and O–H groups in total. The molecular weight excluding hydrogens is 368 g/mol. The summed E-state index contributed by atoms with van der Waals surface area (Å²) >= 11 is 0. The maximum Gasteiger partial charge on any atom is 0.229 e. The summed E-state index contributed by atoms with van der Waals surface area (Å²) in [6, 6.07) is 8.64. The number of aryl methyl sites for hydroxylation is 1. The van der Waals surface area contributed by atoms with E-state index in [-0.39, 0.29) is 5.91 Å². The molecule has 0 aliphatic rings. The number of hydrogen-bond acceptors (Lipinski definition) is 6. The molecule has 1 aromatic carbocycles. The number of nitrogens with one attached hydrogen (secondary N) is 3. The topological polar surface area (TPSA) is 110 Å². The molecule has 148 valence electrons. The number of benzene rings is 1. The van der Waals surface area contributed by atoms with Gasteiger partial charge in [0.25, 0.3) is 0 Å². The fraction of sp³-hybridized carbons (Fsp3) is 0.238. The molecule has 3 aromatic rings. The van der Waals surface area contributed by atoms with Gasteiger partial charge in [-0.05, 0) is 35.9 Å². The van der Waals surface area contributed by atoms with Gasteiger partial charge in [0.15, 0.2) is 12.4 Å². The zero-order valence-corrected chi connectivity index (χ0v) is 16.8. The fourth-order valence-corrected chi connectivity index (χ4v) is 2.55. The van der Waals surface area contributed by atoms with Crippen LogP contribution in [0.3, 0.4) is 0 Å². The Labute approximate surface area is 168 Å². The van der Waals surface area contributed by atoms with Crippen LogP contribution in [0.2, 0.25) is 0 Å². The smallest absolute Gasteiger partial charge is 0.229 e. The maximum atomic E-state index is 12.4. The maximum absolute atomic E-state index is 12.4. The van der Waals surface area contributed by atoms with Crippen molar-refractivity contribution in [2.45, 2.75) is 27.7 Å². The van der Waals surface area contributed by atoms with E-state index in [1.165, 1.54) is 0 Å². The van der Waals surface area contributed by atoms with Gasteiger partial charge in [0.2, 0.25) is 11.9 Å². The Morgan fingerprint density at radius 1 is 1.14 bits per heavy atom. The number of H-pyrrole nitrogens is 1. The van der Waals surface area contributed by atoms with E-state index in [9.17, 15) is 9.70 Å². The number of rotatable bonds is 5. The van der Waals surface area contributed by atoms with Crippen molar-refractivity contribution in [3.63, 3.8) is 0 Å². The minimum atomic E-state index is -0.523. The predicted octanol–water partition coefficient (Wildman–Crippen LogP) is 4.39. The van der Waals surface area contributed by atoms with Crippen LogP contribution < -0.4 is 15.6 Å². The van der Waals surface area contributed by atoms with Crippen LogP contribution in [-0.4, -0.2) is 15.9 Å². The van der Waals surface area contributed by atoms with E-state index < -0.39 is 5.41 Å². The molecule has 2 aromatic heterocycles. The number of nitrogens with zero attached hydrogens (tertiary/aromatic N) is 3. The van der Waals surface area contributed by atoms with Crippen LogP contribution in [0.15, 0.2) is 54.1 Å². The lowest BCUT2D eigenvalue weighted by Crippen LogP contribution is -2.28. The predicted molar refractivity (Wildman–Crippen MR) is 112 cm³/mol. The van der Waals surface area contributed by atoms with Crippen LogP contribution in [0.1, 0.15) is 26.3 Å². The lowest BCUT2D eigenvalue weighted by atomic mass is 9.95. The molecule has 29 heavy (non-hydrogen) atoms. The van der Waals surface area contributed by atoms with Gasteiger partial charge in [-0.3, -0.25) is 4.79 Å². The number of aromatic nitrogens is 3. The second-order valence-electron chi connectivity index (χ2n) is 7.66. The van der Waals surface area contributed by atoms with Gasteiger partial charge in [-0.15, -0.1) is 4.91 Å². The minimum Gasteiger partial charge on any atom is -0.325 e. The van der Waals surface area contributed by atoms with E-state index in [2.05, 4.69) is 30.8 Å². The second-order valence-corrected chi connectivity index (χ2v) is 7.66. The van der Waals surface area contributed by atoms with Crippen molar-refractivity contribution in [3.05, 3.63) is 59.4 Å². The summed E-state index contributed by atoms with van der Waals surface area (Å²) < 4.78 is 0. The quantitative estimate of drug-likeness (QED) is 0.627. The van der Waals surface area contributed by atoms with E-state index >= 15 is 0 Å². The number of nitroso groups, excluding NO2 is 1. The van der Waals surface area contributed by atoms with Gasteiger partial charge in [0, 0.05) is 23.4 Å². The summed E-state index contributed by atoms with van der Waals surface area (Å²) in [6.45, 7) is 7.48. The van der Waals surface area contributed by atoms with Gasteiger partial charge in [-0.1, -0.05) is 26.8 Å². The number of hydrogen-bond donors (Lipinski definition) is 2. The lowest BCUT2D eigenvalue weighted by Gasteiger charge is -2.18. The highest BCUT2D eigenvalue weighted by molar-refractivity contribution is 5.97. The molecule has 2 heterocycles. The van der Waals surface area contributed by atoms with Crippen LogP contribution in [0, 0.1) is 17.2 Å². The zero-order chi connectivity index (χ0) is 21.0. The molecule has 3 rings (SSSR count). The summed E-state index contributed by atoms with van der Waals surface area (Å²) in [7, 11) is 0. The molecule has 0 bridgehead atoms. The first-order valence-corrected chi connectivity index (χ1v) is 9.14. The van der Waals surface area contributed by atoms with Crippen molar-refractivity contribution in [2.75, 3.05) is 10.6 Å². The Balaban J connectivity index is 1.93. The third kappa shape index (κ3) is 4.78. The molecule has 0 spiro atoms. The number of carbonyl (C=O) groups excluding carboxylic acids is 1. The molecule has 8 heteroatoms. The normalized spacial score (nSPS) is 11.0. The fourth-order valence-electron chi connectivity index (χ4n) is 2.55. The number of anilines is 3. The van der Waals surface area contributed by atoms with Crippen LogP contribution in [0.25, 0.3) is 11.3 Å². The molecule has 0 saturated carbocycles. The molecule has 0 aliphatic carbocycles. The summed E-state index contributed by atoms with van der Waals surface area (Å²) in [6.07, 6.45) is 5.14. The van der Waals surface area contributed by atoms with E-state index in [1.807, 2.05) is 27.7 Å². The monoisotopic (exact) mass is 391 g/mol. The van der Waals surface area contributed by atoms with Crippen molar-refractivity contribution >= 4 is 28.9 Å². The molecule has 0 aliphatic heterocycles. The van der Waals surface area contributed by atoms with Crippen molar-refractivity contribution < 1.29 is 9.78 Å². The first-order valence-electron chi connectivity index (χ1n) is 9.14. The lowest BCUT2D eigenvalue weighted by molar-refractivity contribution is -0.377. The second kappa shape index (κ2) is 8.14. The average molecular weight is 391 g/mol. The highest BCUT2D eigenvalue weighted by Gasteiger charge is 2.23. The number of carbonyl (C=O) groups is 1. The Morgan fingerprint density at radius 3 is 2.66 bits per heavy atom. The SMILES string of the molecule is Cc1ccc(N=O)cc1Nc1nccc(-c2c[nH+]ccc2NC(=O)C(C)(C)C)n1. The first kappa shape index (κ1) is 20.1. The van der Waals surface area contributed by atoms with Crippen molar-refractivity contribution in [3.8, 4) is 11.3 Å². The molecule has 0 fully saturated rings.